The van der Waals surface area contributed by atoms with E-state index in [2.05, 4.69) is 17.4 Å². The number of carbonyl (C=O) groups is 3. The first-order chi connectivity index (χ1) is 18.0. The molecule has 3 aromatic carbocycles. The average molecular weight is 498 g/mol. The van der Waals surface area contributed by atoms with Crippen LogP contribution in [0, 0.1) is 5.92 Å². The summed E-state index contributed by atoms with van der Waals surface area (Å²) in [5.41, 5.74) is 4.91. The van der Waals surface area contributed by atoms with E-state index in [9.17, 15) is 14.4 Å². The number of hydrogen-bond acceptors (Lipinski definition) is 5. The fourth-order valence-corrected chi connectivity index (χ4v) is 5.26. The highest BCUT2D eigenvalue weighted by Crippen LogP contribution is 2.31. The molecule has 7 heteroatoms. The van der Waals surface area contributed by atoms with Crippen LogP contribution in [0.15, 0.2) is 78.9 Å². The molecule has 1 aliphatic carbocycles. The highest BCUT2D eigenvalue weighted by Gasteiger charge is 2.39. The number of hydrogen-bond donors (Lipinski definition) is 1. The number of carbonyl (C=O) groups excluding carboxylic acids is 3. The van der Waals surface area contributed by atoms with E-state index >= 15 is 0 Å². The van der Waals surface area contributed by atoms with E-state index in [4.69, 9.17) is 4.74 Å². The van der Waals surface area contributed by atoms with E-state index in [1.807, 2.05) is 76.5 Å². The van der Waals surface area contributed by atoms with Gasteiger partial charge in [-0.25, -0.2) is 0 Å². The third kappa shape index (κ3) is 5.50. The molecule has 0 bridgehead atoms. The predicted molar refractivity (Wildman–Crippen MR) is 143 cm³/mol. The lowest BCUT2D eigenvalue weighted by atomic mass is 10.1. The molecule has 0 radical (unpaired) electrons. The molecule has 0 saturated carbocycles. The van der Waals surface area contributed by atoms with Crippen molar-refractivity contribution in [3.63, 3.8) is 0 Å². The second-order valence-electron chi connectivity index (χ2n) is 9.54. The van der Waals surface area contributed by atoms with E-state index < -0.39 is 0 Å². The van der Waals surface area contributed by atoms with Crippen LogP contribution in [0.4, 0.5) is 17.1 Å². The molecule has 1 N–H and O–H groups in total. The molecular weight excluding hydrogens is 466 g/mol. The third-order valence-electron chi connectivity index (χ3n) is 7.11. The molecule has 37 heavy (non-hydrogen) atoms. The number of likely N-dealkylation sites (tertiary alicyclic amines) is 1. The zero-order chi connectivity index (χ0) is 25.8. The summed E-state index contributed by atoms with van der Waals surface area (Å²) in [6, 6.07) is 25.4. The van der Waals surface area contributed by atoms with Crippen molar-refractivity contribution in [2.45, 2.75) is 32.2 Å². The Bertz CT molecular complexity index is 1250. The first-order valence-corrected chi connectivity index (χ1v) is 12.8. The van der Waals surface area contributed by atoms with Gasteiger partial charge in [-0.1, -0.05) is 42.5 Å². The SMILES string of the molecule is CCOC(=O)CN(c1ccccc1)c1ccc(NC(=O)C2CC(=O)N(C3Cc4ccccc4C3)C2)cc1. The highest BCUT2D eigenvalue weighted by atomic mass is 16.5. The van der Waals surface area contributed by atoms with Gasteiger partial charge in [0, 0.05) is 36.1 Å². The summed E-state index contributed by atoms with van der Waals surface area (Å²) in [4.78, 5) is 41.8. The zero-order valence-corrected chi connectivity index (χ0v) is 20.9. The molecule has 1 atom stereocenters. The highest BCUT2D eigenvalue weighted by molar-refractivity contribution is 5.97. The second-order valence-corrected chi connectivity index (χ2v) is 9.54. The maximum absolute atomic E-state index is 13.0. The van der Waals surface area contributed by atoms with Crippen LogP contribution >= 0.6 is 0 Å². The third-order valence-corrected chi connectivity index (χ3v) is 7.11. The maximum Gasteiger partial charge on any atom is 0.325 e. The van der Waals surface area contributed by atoms with Crippen molar-refractivity contribution in [1.82, 2.24) is 4.90 Å². The predicted octanol–water partition coefficient (Wildman–Crippen LogP) is 4.34. The van der Waals surface area contributed by atoms with Crippen molar-refractivity contribution >= 4 is 34.8 Å². The minimum Gasteiger partial charge on any atom is -0.465 e. The smallest absolute Gasteiger partial charge is 0.325 e. The van der Waals surface area contributed by atoms with Crippen LogP contribution in [0.5, 0.6) is 0 Å². The van der Waals surface area contributed by atoms with E-state index in [-0.39, 0.29) is 42.7 Å². The van der Waals surface area contributed by atoms with Crippen LogP contribution in [0.2, 0.25) is 0 Å². The summed E-state index contributed by atoms with van der Waals surface area (Å²) in [7, 11) is 0. The number of nitrogens with one attached hydrogen (secondary N) is 1. The lowest BCUT2D eigenvalue weighted by Crippen LogP contribution is -2.38. The van der Waals surface area contributed by atoms with Gasteiger partial charge in [0.05, 0.1) is 12.5 Å². The molecule has 2 amide bonds. The van der Waals surface area contributed by atoms with Crippen LogP contribution in [0.3, 0.4) is 0 Å². The minimum atomic E-state index is -0.375. The Morgan fingerprint density at radius 3 is 2.16 bits per heavy atom. The topological polar surface area (TPSA) is 79.0 Å². The number of rotatable bonds is 8. The van der Waals surface area contributed by atoms with Gasteiger partial charge in [-0.05, 0) is 67.3 Å². The first-order valence-electron chi connectivity index (χ1n) is 12.8. The van der Waals surface area contributed by atoms with Crippen molar-refractivity contribution in [2.75, 3.05) is 29.9 Å². The maximum atomic E-state index is 13.0. The Hall–Kier alpha value is -4.13. The Labute approximate surface area is 217 Å². The molecule has 5 rings (SSSR count). The van der Waals surface area contributed by atoms with Gasteiger partial charge in [-0.3, -0.25) is 14.4 Å². The van der Waals surface area contributed by atoms with Gasteiger partial charge in [0.25, 0.3) is 0 Å². The van der Waals surface area contributed by atoms with Crippen molar-refractivity contribution in [3.05, 3.63) is 90.0 Å². The van der Waals surface area contributed by atoms with Crippen molar-refractivity contribution < 1.29 is 19.1 Å². The molecule has 2 aliphatic rings. The fourth-order valence-electron chi connectivity index (χ4n) is 5.26. The van der Waals surface area contributed by atoms with Crippen LogP contribution in [0.1, 0.15) is 24.5 Å². The number of benzene rings is 3. The fraction of sp³-hybridized carbons (Fsp3) is 0.300. The Morgan fingerprint density at radius 1 is 0.892 bits per heavy atom. The van der Waals surface area contributed by atoms with Gasteiger partial charge in [-0.2, -0.15) is 0 Å². The molecule has 1 saturated heterocycles. The van der Waals surface area contributed by atoms with Crippen molar-refractivity contribution in [1.29, 1.82) is 0 Å². The summed E-state index contributed by atoms with van der Waals surface area (Å²) in [5, 5.41) is 2.97. The van der Waals surface area contributed by atoms with Crippen LogP contribution in [-0.2, 0) is 32.0 Å². The number of para-hydroxylation sites is 1. The first kappa shape index (κ1) is 24.6. The normalized spacial score (nSPS) is 16.9. The van der Waals surface area contributed by atoms with E-state index in [1.54, 1.807) is 6.92 Å². The molecule has 0 spiro atoms. The van der Waals surface area contributed by atoms with E-state index in [0.717, 1.165) is 24.2 Å². The van der Waals surface area contributed by atoms with Gasteiger partial charge in [0.1, 0.15) is 6.54 Å². The summed E-state index contributed by atoms with van der Waals surface area (Å²) < 4.78 is 5.15. The van der Waals surface area contributed by atoms with Gasteiger partial charge in [0.2, 0.25) is 11.8 Å². The number of nitrogens with zero attached hydrogens (tertiary/aromatic N) is 2. The number of fused-ring (bicyclic) bond motifs is 1. The monoisotopic (exact) mass is 497 g/mol. The standard InChI is InChI=1S/C30H31N3O4/c1-2-37-29(35)20-32(25-10-4-3-5-11-25)26-14-12-24(13-15-26)31-30(36)23-18-28(34)33(19-23)27-16-21-8-6-7-9-22(21)17-27/h3-15,23,27H,2,16-20H2,1H3,(H,31,36). The Kier molecular flexibility index (Phi) is 7.21. The van der Waals surface area contributed by atoms with Crippen LogP contribution in [0.25, 0.3) is 0 Å². The molecule has 0 aromatic heterocycles. The number of amides is 2. The van der Waals surface area contributed by atoms with Gasteiger partial charge in [0.15, 0.2) is 0 Å². The molecule has 3 aromatic rings. The van der Waals surface area contributed by atoms with Crippen molar-refractivity contribution in [3.8, 4) is 0 Å². The molecular formula is C30H31N3O4. The van der Waals surface area contributed by atoms with Crippen molar-refractivity contribution in [2.24, 2.45) is 5.92 Å². The number of ether oxygens (including phenoxy) is 1. The quantitative estimate of drug-likeness (QED) is 0.469. The second kappa shape index (κ2) is 10.9. The van der Waals surface area contributed by atoms with Gasteiger partial charge >= 0.3 is 5.97 Å². The Balaban J connectivity index is 1.22. The summed E-state index contributed by atoms with van der Waals surface area (Å²) in [6.07, 6.45) is 1.93. The van der Waals surface area contributed by atoms with Gasteiger partial charge < -0.3 is 19.9 Å². The molecule has 1 heterocycles. The van der Waals surface area contributed by atoms with E-state index in [0.29, 0.717) is 18.8 Å². The molecule has 190 valence electrons. The largest absolute Gasteiger partial charge is 0.465 e. The summed E-state index contributed by atoms with van der Waals surface area (Å²) >= 11 is 0. The zero-order valence-electron chi connectivity index (χ0n) is 20.9. The molecule has 1 fully saturated rings. The molecule has 1 unspecified atom stereocenters. The van der Waals surface area contributed by atoms with E-state index in [1.165, 1.54) is 11.1 Å². The molecule has 1 aliphatic heterocycles. The summed E-state index contributed by atoms with van der Waals surface area (Å²) in [6.45, 7) is 2.63. The van der Waals surface area contributed by atoms with Crippen LogP contribution < -0.4 is 10.2 Å². The van der Waals surface area contributed by atoms with Crippen LogP contribution in [-0.4, -0.2) is 48.4 Å². The Morgan fingerprint density at radius 2 is 1.51 bits per heavy atom. The molecule has 7 nitrogen and oxygen atoms in total. The number of esters is 1. The minimum absolute atomic E-state index is 0.0470. The lowest BCUT2D eigenvalue weighted by Gasteiger charge is -2.24. The average Bonchev–Trinajstić information content (AvgIpc) is 3.52. The summed E-state index contributed by atoms with van der Waals surface area (Å²) in [5.74, 6) is -0.790. The van der Waals surface area contributed by atoms with Gasteiger partial charge in [-0.15, -0.1) is 0 Å². The lowest BCUT2D eigenvalue weighted by molar-refractivity contribution is -0.141. The number of anilines is 3.